The third kappa shape index (κ3) is 15.1. The van der Waals surface area contributed by atoms with Crippen LogP contribution in [0.2, 0.25) is 0 Å². The normalized spacial score (nSPS) is 14.4. The SMILES string of the molecule is C[C@H](NCC(=O)N[C@@H](Cc1ccccc1)C(=O)N[C@H](Cc1c[nH]c2ccccc12)C(=O)N[C@@H](CCCCN)C(=O)N[C@H](C(=O)N[C@@H](Cc1ccccc1)C(=O)O)[C@@H](C)O)c1ccccc1. The highest BCUT2D eigenvalue weighted by Crippen LogP contribution is 2.20. The molecule has 0 unspecified atom stereocenters. The molecule has 5 aromatic rings. The summed E-state index contributed by atoms with van der Waals surface area (Å²) >= 11 is 0. The van der Waals surface area contributed by atoms with Crippen molar-refractivity contribution in [1.29, 1.82) is 0 Å². The number of nitrogens with one attached hydrogen (secondary N) is 7. The Hall–Kier alpha value is -6.88. The first kappa shape index (κ1) is 49.1. The van der Waals surface area contributed by atoms with Gasteiger partial charge >= 0.3 is 5.97 Å². The lowest BCUT2D eigenvalue weighted by molar-refractivity contribution is -0.143. The second-order valence-electron chi connectivity index (χ2n) is 16.1. The number of H-pyrrole nitrogens is 1. The number of aromatic nitrogens is 1. The van der Waals surface area contributed by atoms with Crippen molar-refractivity contribution in [2.45, 2.75) is 94.7 Å². The number of carbonyl (C=O) groups is 6. The van der Waals surface area contributed by atoms with Crippen molar-refractivity contribution >= 4 is 46.4 Å². The van der Waals surface area contributed by atoms with Gasteiger partial charge in [0.05, 0.1) is 12.6 Å². The van der Waals surface area contributed by atoms with E-state index in [9.17, 15) is 39.0 Å². The molecule has 16 nitrogen and oxygen atoms in total. The van der Waals surface area contributed by atoms with Gasteiger partial charge in [-0.25, -0.2) is 4.79 Å². The highest BCUT2D eigenvalue weighted by Gasteiger charge is 2.34. The molecular weight excluding hydrogens is 829 g/mol. The molecule has 16 heteroatoms. The van der Waals surface area contributed by atoms with Gasteiger partial charge in [0.1, 0.15) is 30.2 Å². The molecule has 65 heavy (non-hydrogen) atoms. The fourth-order valence-corrected chi connectivity index (χ4v) is 7.42. The second kappa shape index (κ2) is 24.8. The average molecular weight is 889 g/mol. The Labute approximate surface area is 378 Å². The molecule has 0 aliphatic carbocycles. The third-order valence-corrected chi connectivity index (χ3v) is 11.1. The van der Waals surface area contributed by atoms with Crippen molar-refractivity contribution < 1.29 is 39.0 Å². The smallest absolute Gasteiger partial charge is 0.326 e. The molecule has 0 saturated carbocycles. The molecule has 344 valence electrons. The minimum Gasteiger partial charge on any atom is -0.480 e. The van der Waals surface area contributed by atoms with Gasteiger partial charge in [-0.2, -0.15) is 0 Å². The summed E-state index contributed by atoms with van der Waals surface area (Å²) in [6.45, 7) is 3.41. The zero-order valence-electron chi connectivity index (χ0n) is 36.7. The monoisotopic (exact) mass is 888 g/mol. The van der Waals surface area contributed by atoms with E-state index < -0.39 is 71.8 Å². The molecule has 0 saturated heterocycles. The van der Waals surface area contributed by atoms with Crippen LogP contribution in [0.5, 0.6) is 0 Å². The second-order valence-corrected chi connectivity index (χ2v) is 16.1. The van der Waals surface area contributed by atoms with Gasteiger partial charge in [0.2, 0.25) is 29.5 Å². The molecule has 0 spiro atoms. The number of nitrogens with two attached hydrogens (primary N) is 1. The molecule has 0 radical (unpaired) electrons. The van der Waals surface area contributed by atoms with Crippen LogP contribution in [0.25, 0.3) is 10.9 Å². The molecule has 5 rings (SSSR count). The largest absolute Gasteiger partial charge is 0.480 e. The number of fused-ring (bicyclic) bond motifs is 1. The molecule has 11 N–H and O–H groups in total. The molecule has 5 amide bonds. The van der Waals surface area contributed by atoms with Crippen LogP contribution in [0, 0.1) is 0 Å². The molecule has 0 fully saturated rings. The van der Waals surface area contributed by atoms with E-state index in [1.54, 1.807) is 36.5 Å². The number of amides is 5. The van der Waals surface area contributed by atoms with E-state index in [1.807, 2.05) is 91.9 Å². The Balaban J connectivity index is 1.37. The van der Waals surface area contributed by atoms with Gasteiger partial charge in [-0.15, -0.1) is 0 Å². The number of carboxylic acid groups (broad SMARTS) is 1. The Bertz CT molecular complexity index is 2330. The van der Waals surface area contributed by atoms with E-state index >= 15 is 0 Å². The third-order valence-electron chi connectivity index (χ3n) is 11.1. The number of carboxylic acids is 1. The zero-order chi connectivity index (χ0) is 46.7. The van der Waals surface area contributed by atoms with Crippen LogP contribution in [0.15, 0.2) is 121 Å². The summed E-state index contributed by atoms with van der Waals surface area (Å²) in [6.07, 6.45) is 1.27. The molecule has 0 aliphatic heterocycles. The number of hydrogen-bond donors (Lipinski definition) is 10. The first-order chi connectivity index (χ1) is 31.3. The maximum Gasteiger partial charge on any atom is 0.326 e. The standard InChI is InChI=1S/C49H60N8O8/c1-31(35-20-10-5-11-21-35)51-30-43(59)53-40(26-33-16-6-3-7-17-33)46(61)55-41(28-36-29-52-38-23-13-12-22-37(36)38)47(62)54-39(24-14-15-25-50)45(60)57-44(32(2)58)48(63)56-42(49(64)65)27-34-18-8-4-9-19-34/h3-13,16-23,29,31-32,39-42,44,51-52,58H,14-15,24-28,30,50H2,1-2H3,(H,53,59)(H,54,62)(H,55,61)(H,56,63)(H,57,60)(H,64,65)/t31-,32+,39-,40-,41+,42-,44-/m0/s1. The van der Waals surface area contributed by atoms with Crippen LogP contribution < -0.4 is 37.6 Å². The van der Waals surface area contributed by atoms with Gasteiger partial charge in [0, 0.05) is 42.4 Å². The number of rotatable bonds is 25. The maximum atomic E-state index is 14.5. The van der Waals surface area contributed by atoms with E-state index in [4.69, 9.17) is 5.73 Å². The van der Waals surface area contributed by atoms with Gasteiger partial charge in [-0.1, -0.05) is 109 Å². The lowest BCUT2D eigenvalue weighted by Gasteiger charge is -2.28. The van der Waals surface area contributed by atoms with Crippen LogP contribution >= 0.6 is 0 Å². The lowest BCUT2D eigenvalue weighted by Crippen LogP contribution is -2.61. The number of unbranched alkanes of at least 4 members (excludes halogenated alkanes) is 1. The van der Waals surface area contributed by atoms with Gasteiger partial charge in [0.25, 0.3) is 0 Å². The molecule has 1 aromatic heterocycles. The average Bonchev–Trinajstić information content (AvgIpc) is 3.72. The predicted molar refractivity (Wildman–Crippen MR) is 247 cm³/mol. The number of carbonyl (C=O) groups excluding carboxylic acids is 5. The van der Waals surface area contributed by atoms with Gasteiger partial charge in [-0.3, -0.25) is 24.0 Å². The van der Waals surface area contributed by atoms with Crippen LogP contribution in [0.3, 0.4) is 0 Å². The van der Waals surface area contributed by atoms with E-state index in [1.165, 1.54) is 6.92 Å². The predicted octanol–water partition coefficient (Wildman–Crippen LogP) is 2.57. The Kier molecular flexibility index (Phi) is 18.8. The zero-order valence-corrected chi connectivity index (χ0v) is 36.7. The van der Waals surface area contributed by atoms with Crippen LogP contribution in [0.4, 0.5) is 0 Å². The highest BCUT2D eigenvalue weighted by molar-refractivity contribution is 5.97. The number of para-hydroxylation sites is 1. The molecule has 1 heterocycles. The van der Waals surface area contributed by atoms with Gasteiger partial charge in [0.15, 0.2) is 0 Å². The van der Waals surface area contributed by atoms with Gasteiger partial charge < -0.3 is 52.8 Å². The molecule has 4 aromatic carbocycles. The quantitative estimate of drug-likeness (QED) is 0.0384. The van der Waals surface area contributed by atoms with Crippen molar-refractivity contribution in [3.8, 4) is 0 Å². The number of aliphatic hydroxyl groups excluding tert-OH is 1. The maximum absolute atomic E-state index is 14.5. The minimum atomic E-state index is -1.59. The van der Waals surface area contributed by atoms with Crippen molar-refractivity contribution in [3.05, 3.63) is 144 Å². The van der Waals surface area contributed by atoms with Crippen molar-refractivity contribution in [2.75, 3.05) is 13.1 Å². The fourth-order valence-electron chi connectivity index (χ4n) is 7.42. The van der Waals surface area contributed by atoms with Crippen LogP contribution in [-0.2, 0) is 48.0 Å². The van der Waals surface area contributed by atoms with Crippen molar-refractivity contribution in [1.82, 2.24) is 36.9 Å². The topological polar surface area (TPSA) is 257 Å². The Morgan fingerprint density at radius 2 is 1.12 bits per heavy atom. The molecule has 0 bridgehead atoms. The molecule has 0 aliphatic rings. The summed E-state index contributed by atoms with van der Waals surface area (Å²) < 4.78 is 0. The van der Waals surface area contributed by atoms with E-state index in [2.05, 4.69) is 36.9 Å². The van der Waals surface area contributed by atoms with Crippen LogP contribution in [-0.4, -0.2) is 100 Å². The first-order valence-electron chi connectivity index (χ1n) is 21.9. The summed E-state index contributed by atoms with van der Waals surface area (Å²) in [5.41, 5.74) is 9.66. The van der Waals surface area contributed by atoms with E-state index in [0.29, 0.717) is 30.5 Å². The molecule has 7 atom stereocenters. The summed E-state index contributed by atoms with van der Waals surface area (Å²) in [6, 6.07) is 28.1. The Morgan fingerprint density at radius 3 is 1.72 bits per heavy atom. The van der Waals surface area contributed by atoms with E-state index in [-0.39, 0.29) is 38.3 Å². The first-order valence-corrected chi connectivity index (χ1v) is 21.9. The summed E-state index contributed by atoms with van der Waals surface area (Å²) in [5.74, 6) is -4.89. The number of aliphatic carboxylic acids is 1. The van der Waals surface area contributed by atoms with Crippen molar-refractivity contribution in [3.63, 3.8) is 0 Å². The summed E-state index contributed by atoms with van der Waals surface area (Å²) in [5, 5.41) is 38.0. The Morgan fingerprint density at radius 1 is 0.600 bits per heavy atom. The molecular formula is C49H60N8O8. The van der Waals surface area contributed by atoms with Gasteiger partial charge in [-0.05, 0) is 68.0 Å². The lowest BCUT2D eigenvalue weighted by atomic mass is 10.0. The van der Waals surface area contributed by atoms with Crippen molar-refractivity contribution in [2.24, 2.45) is 5.73 Å². The minimum absolute atomic E-state index is 0.0163. The number of benzene rings is 4. The fraction of sp³-hybridized carbons (Fsp3) is 0.347. The summed E-state index contributed by atoms with van der Waals surface area (Å²) in [4.78, 5) is 85.3. The van der Waals surface area contributed by atoms with E-state index in [0.717, 1.165) is 22.0 Å². The highest BCUT2D eigenvalue weighted by atomic mass is 16.4. The number of aromatic amines is 1. The number of hydrogen-bond acceptors (Lipinski definition) is 9. The summed E-state index contributed by atoms with van der Waals surface area (Å²) in [7, 11) is 0. The number of aliphatic hydroxyl groups is 1. The van der Waals surface area contributed by atoms with Crippen LogP contribution in [0.1, 0.15) is 61.4 Å².